The van der Waals surface area contributed by atoms with E-state index in [1.165, 1.54) is 111 Å². The molecule has 2 atom stereocenters. The van der Waals surface area contributed by atoms with Crippen molar-refractivity contribution < 1.29 is 0 Å². The summed E-state index contributed by atoms with van der Waals surface area (Å²) >= 11 is 0. The highest BCUT2D eigenvalue weighted by atomic mass is 15.2. The first kappa shape index (κ1) is 36.2. The smallest absolute Gasteiger partial charge is 0.0560 e. The summed E-state index contributed by atoms with van der Waals surface area (Å²) in [5, 5.41) is 2.60. The maximum atomic E-state index is 2.61. The van der Waals surface area contributed by atoms with Crippen LogP contribution >= 0.6 is 0 Å². The first-order valence-electron chi connectivity index (χ1n) is 22.9. The van der Waals surface area contributed by atoms with E-state index >= 15 is 0 Å². The van der Waals surface area contributed by atoms with E-state index in [0.717, 1.165) is 30.6 Å². The van der Waals surface area contributed by atoms with Crippen molar-refractivity contribution >= 4 is 22.0 Å². The maximum absolute atomic E-state index is 2.61. The molecule has 0 aliphatic heterocycles. The fraction of sp³-hybridized carbons (Fsp3) is 0.288. The Morgan fingerprint density at radius 1 is 0.550 bits per heavy atom. The predicted octanol–water partition coefficient (Wildman–Crippen LogP) is 15.1. The number of rotatable bonds is 7. The number of allylic oxidation sites excluding steroid dienone is 5. The topological polar surface area (TPSA) is 3.24 Å². The number of hydrogen-bond donors (Lipinski definition) is 0. The summed E-state index contributed by atoms with van der Waals surface area (Å²) in [5.41, 5.74) is 16.8. The molecule has 2 unspecified atom stereocenters. The van der Waals surface area contributed by atoms with E-state index in [1.807, 2.05) is 0 Å². The molecular formula is C59H55N. The van der Waals surface area contributed by atoms with Gasteiger partial charge in [-0.1, -0.05) is 159 Å². The van der Waals surface area contributed by atoms with Crippen LogP contribution in [-0.4, -0.2) is 6.04 Å². The number of nitrogens with zero attached hydrogens (tertiary/aromatic N) is 1. The third-order valence-corrected chi connectivity index (χ3v) is 15.9. The molecule has 1 heteroatoms. The number of anilines is 1. The lowest BCUT2D eigenvalue weighted by Crippen LogP contribution is -2.48. The largest absolute Gasteiger partial charge is 0.335 e. The minimum atomic E-state index is -0.124. The van der Waals surface area contributed by atoms with Crippen LogP contribution < -0.4 is 4.90 Å². The summed E-state index contributed by atoms with van der Waals surface area (Å²) in [6.45, 7) is 4.88. The second-order valence-corrected chi connectivity index (χ2v) is 19.8. The van der Waals surface area contributed by atoms with Crippen molar-refractivity contribution in [3.05, 3.63) is 203 Å². The Balaban J connectivity index is 0.860. The van der Waals surface area contributed by atoms with Gasteiger partial charge in [0.1, 0.15) is 0 Å². The molecule has 13 rings (SSSR count). The number of fused-ring (bicyclic) bond motifs is 4. The Morgan fingerprint density at radius 2 is 1.23 bits per heavy atom. The van der Waals surface area contributed by atoms with E-state index in [-0.39, 0.29) is 11.5 Å². The average Bonchev–Trinajstić information content (AvgIpc) is 3.51. The standard InChI is InChI=1S/C59H55N/c1-58(2)56-34-47(44-15-22-48(23-16-44)59-36-39-31-40(37-59)33-41(32-39)38-59)21-29-54(56)55-30-28-51(35-57(55)58)60(49-24-17-43(18-25-49)42-9-4-3-5-10-42)50-26-19-46(20-27-50)53-14-8-12-45-11-6-7-13-52(45)53/h3-17,19-26,28-30,34-35,39-41,43,50H,18,27,31-33,36-38H2,1-2H3. The van der Waals surface area contributed by atoms with Crippen molar-refractivity contribution in [1.82, 2.24) is 0 Å². The van der Waals surface area contributed by atoms with E-state index < -0.39 is 0 Å². The zero-order valence-corrected chi connectivity index (χ0v) is 35.2. The Morgan fingerprint density at radius 3 is 1.95 bits per heavy atom. The van der Waals surface area contributed by atoms with Crippen molar-refractivity contribution in [3.63, 3.8) is 0 Å². The van der Waals surface area contributed by atoms with Crippen molar-refractivity contribution in [1.29, 1.82) is 0 Å². The van der Waals surface area contributed by atoms with Crippen LogP contribution in [-0.2, 0) is 10.8 Å². The van der Waals surface area contributed by atoms with Gasteiger partial charge in [0, 0.05) is 22.7 Å². The maximum Gasteiger partial charge on any atom is 0.0560 e. The molecule has 7 aliphatic rings. The Hall–Kier alpha value is -5.66. The van der Waals surface area contributed by atoms with Crippen LogP contribution in [0.25, 0.3) is 38.6 Å². The molecule has 0 saturated heterocycles. The third-order valence-electron chi connectivity index (χ3n) is 15.9. The SMILES string of the molecule is CC1(C)c2cc(-c3ccc(C45CC6CC(CC(C6)C4)C5)cc3)ccc2-c2ccc(N(C3=CCC(c4ccccc4)C=C3)C3C=CC(c4cccc5ccccc45)=CC3)cc21. The molecule has 0 N–H and O–H groups in total. The summed E-state index contributed by atoms with van der Waals surface area (Å²) in [7, 11) is 0. The number of hydrogen-bond acceptors (Lipinski definition) is 1. The summed E-state index contributed by atoms with van der Waals surface area (Å²) < 4.78 is 0. The van der Waals surface area contributed by atoms with Crippen LogP contribution in [0.4, 0.5) is 5.69 Å². The van der Waals surface area contributed by atoms with E-state index in [2.05, 4.69) is 189 Å². The molecule has 4 bridgehead atoms. The van der Waals surface area contributed by atoms with Crippen molar-refractivity contribution in [2.45, 2.75) is 88.0 Å². The van der Waals surface area contributed by atoms with Gasteiger partial charge in [-0.05, 0) is 165 Å². The Bertz CT molecular complexity index is 2730. The average molecular weight is 778 g/mol. The molecule has 7 aliphatic carbocycles. The van der Waals surface area contributed by atoms with E-state index in [1.54, 1.807) is 5.56 Å². The van der Waals surface area contributed by atoms with E-state index in [9.17, 15) is 0 Å². The lowest BCUT2D eigenvalue weighted by molar-refractivity contribution is -0.00518. The Kier molecular flexibility index (Phi) is 8.42. The van der Waals surface area contributed by atoms with Gasteiger partial charge in [0.2, 0.25) is 0 Å². The van der Waals surface area contributed by atoms with Crippen molar-refractivity contribution in [2.75, 3.05) is 4.90 Å². The van der Waals surface area contributed by atoms with E-state index in [0.29, 0.717) is 11.3 Å². The van der Waals surface area contributed by atoms with Crippen LogP contribution in [0.3, 0.4) is 0 Å². The fourth-order valence-corrected chi connectivity index (χ4v) is 13.3. The first-order valence-corrected chi connectivity index (χ1v) is 22.9. The van der Waals surface area contributed by atoms with Gasteiger partial charge in [-0.2, -0.15) is 0 Å². The highest BCUT2D eigenvalue weighted by Crippen LogP contribution is 2.61. The zero-order chi connectivity index (χ0) is 40.0. The molecule has 0 heterocycles. The molecule has 296 valence electrons. The van der Waals surface area contributed by atoms with Crippen molar-refractivity contribution in [3.8, 4) is 22.3 Å². The van der Waals surface area contributed by atoms with Gasteiger partial charge in [-0.15, -0.1) is 0 Å². The normalized spacial score (nSPS) is 26.7. The molecule has 0 radical (unpaired) electrons. The first-order chi connectivity index (χ1) is 29.4. The molecule has 4 saturated carbocycles. The van der Waals surface area contributed by atoms with Gasteiger partial charge in [0.25, 0.3) is 0 Å². The van der Waals surface area contributed by atoms with Gasteiger partial charge >= 0.3 is 0 Å². The summed E-state index contributed by atoms with van der Waals surface area (Å²) in [6, 6.07) is 51.1. The quantitative estimate of drug-likeness (QED) is 0.156. The van der Waals surface area contributed by atoms with Crippen LogP contribution in [0.15, 0.2) is 176 Å². The predicted molar refractivity (Wildman–Crippen MR) is 252 cm³/mol. The molecule has 1 nitrogen and oxygen atoms in total. The molecule has 60 heavy (non-hydrogen) atoms. The molecular weight excluding hydrogens is 723 g/mol. The van der Waals surface area contributed by atoms with Crippen LogP contribution in [0, 0.1) is 17.8 Å². The highest BCUT2D eigenvalue weighted by Gasteiger charge is 2.51. The number of benzene rings is 6. The van der Waals surface area contributed by atoms with Crippen LogP contribution in [0.1, 0.15) is 98.9 Å². The molecule has 0 aromatic heterocycles. The molecule has 6 aromatic rings. The van der Waals surface area contributed by atoms with Gasteiger partial charge in [-0.3, -0.25) is 0 Å². The summed E-state index contributed by atoms with van der Waals surface area (Å²) in [6.07, 6.45) is 25.2. The van der Waals surface area contributed by atoms with Crippen LogP contribution in [0.2, 0.25) is 0 Å². The summed E-state index contributed by atoms with van der Waals surface area (Å²) in [4.78, 5) is 2.61. The Labute approximate surface area is 356 Å². The fourth-order valence-electron chi connectivity index (χ4n) is 13.3. The molecule has 0 spiro atoms. The lowest BCUT2D eigenvalue weighted by Gasteiger charge is -2.57. The van der Waals surface area contributed by atoms with Gasteiger partial charge in [-0.25, -0.2) is 0 Å². The van der Waals surface area contributed by atoms with Crippen LogP contribution in [0.5, 0.6) is 0 Å². The minimum absolute atomic E-state index is 0.124. The second kappa shape index (κ2) is 14.0. The molecule has 0 amide bonds. The van der Waals surface area contributed by atoms with Crippen molar-refractivity contribution in [2.24, 2.45) is 17.8 Å². The second-order valence-electron chi connectivity index (χ2n) is 19.8. The minimum Gasteiger partial charge on any atom is -0.335 e. The highest BCUT2D eigenvalue weighted by molar-refractivity contribution is 5.96. The third kappa shape index (κ3) is 5.94. The van der Waals surface area contributed by atoms with E-state index in [4.69, 9.17) is 0 Å². The molecule has 6 aromatic carbocycles. The zero-order valence-electron chi connectivity index (χ0n) is 35.2. The lowest BCUT2D eigenvalue weighted by atomic mass is 9.48. The van der Waals surface area contributed by atoms with Gasteiger partial charge in [0.15, 0.2) is 0 Å². The van der Waals surface area contributed by atoms with Gasteiger partial charge in [0.05, 0.1) is 6.04 Å². The molecule has 4 fully saturated rings. The monoisotopic (exact) mass is 777 g/mol. The summed E-state index contributed by atoms with van der Waals surface area (Å²) in [5.74, 6) is 3.30. The van der Waals surface area contributed by atoms with Gasteiger partial charge < -0.3 is 4.90 Å².